The molecule has 0 spiro atoms. The highest BCUT2D eigenvalue weighted by Gasteiger charge is 2.11. The van der Waals surface area contributed by atoms with Crippen molar-refractivity contribution in [1.82, 2.24) is 15.7 Å². The second-order valence-corrected chi connectivity index (χ2v) is 6.09. The fraction of sp³-hybridized carbons (Fsp3) is 0.0909. The van der Waals surface area contributed by atoms with Gasteiger partial charge in [-0.15, -0.1) is 0 Å². The Kier molecular flexibility index (Phi) is 7.06. The molecule has 7 nitrogen and oxygen atoms in total. The first-order chi connectivity index (χ1) is 14.2. The molecule has 0 saturated heterocycles. The molecular weight excluding hydrogens is 368 g/mol. The second kappa shape index (κ2) is 10.4. The van der Waals surface area contributed by atoms with Gasteiger partial charge in [-0.3, -0.25) is 14.6 Å². The molecule has 0 fully saturated rings. The first-order valence-corrected chi connectivity index (χ1v) is 8.97. The molecule has 146 valence electrons. The third kappa shape index (κ3) is 6.59. The normalized spacial score (nSPS) is 10.5. The average molecular weight is 388 g/mol. The molecule has 0 aliphatic rings. The zero-order valence-electron chi connectivity index (χ0n) is 15.6. The van der Waals surface area contributed by atoms with E-state index in [1.807, 2.05) is 48.5 Å². The molecule has 2 aromatic carbocycles. The van der Waals surface area contributed by atoms with E-state index in [4.69, 9.17) is 4.74 Å². The van der Waals surface area contributed by atoms with Crippen molar-refractivity contribution in [3.8, 4) is 5.75 Å². The largest absolute Gasteiger partial charge is 0.489 e. The molecule has 0 bridgehead atoms. The summed E-state index contributed by atoms with van der Waals surface area (Å²) in [6.07, 6.45) is 4.69. The van der Waals surface area contributed by atoms with Crippen LogP contribution in [0.2, 0.25) is 0 Å². The van der Waals surface area contributed by atoms with Crippen molar-refractivity contribution in [2.24, 2.45) is 5.10 Å². The fourth-order valence-electron chi connectivity index (χ4n) is 2.41. The summed E-state index contributed by atoms with van der Waals surface area (Å²) >= 11 is 0. The number of hydrazone groups is 1. The van der Waals surface area contributed by atoms with Crippen LogP contribution in [0.3, 0.4) is 0 Å². The summed E-state index contributed by atoms with van der Waals surface area (Å²) in [5.41, 5.74) is 4.80. The van der Waals surface area contributed by atoms with E-state index in [-0.39, 0.29) is 6.54 Å². The van der Waals surface area contributed by atoms with Gasteiger partial charge in [0, 0.05) is 18.9 Å². The van der Waals surface area contributed by atoms with E-state index in [0.29, 0.717) is 12.4 Å². The number of amides is 2. The highest BCUT2D eigenvalue weighted by molar-refractivity contribution is 6.35. The van der Waals surface area contributed by atoms with Crippen molar-refractivity contribution in [3.05, 3.63) is 95.8 Å². The molecule has 0 aliphatic heterocycles. The number of rotatable bonds is 7. The molecule has 2 N–H and O–H groups in total. The third-order valence-corrected chi connectivity index (χ3v) is 3.87. The maximum atomic E-state index is 11.8. The van der Waals surface area contributed by atoms with E-state index in [0.717, 1.165) is 16.7 Å². The van der Waals surface area contributed by atoms with E-state index in [1.54, 1.807) is 30.6 Å². The number of carbonyl (C=O) groups is 2. The van der Waals surface area contributed by atoms with Gasteiger partial charge >= 0.3 is 11.8 Å². The SMILES string of the molecule is O=C(NCc1cccnc1)C(=O)N/N=C\c1cccc(OCc2ccccc2)c1. The van der Waals surface area contributed by atoms with E-state index in [2.05, 4.69) is 20.8 Å². The number of benzene rings is 2. The van der Waals surface area contributed by atoms with E-state index < -0.39 is 11.8 Å². The van der Waals surface area contributed by atoms with Gasteiger partial charge in [-0.2, -0.15) is 5.10 Å². The zero-order chi connectivity index (χ0) is 20.3. The molecule has 3 rings (SSSR count). The Balaban J connectivity index is 1.46. The Morgan fingerprint density at radius 3 is 2.59 bits per heavy atom. The van der Waals surface area contributed by atoms with Crippen LogP contribution in [0.25, 0.3) is 0 Å². The van der Waals surface area contributed by atoms with Crippen LogP contribution < -0.4 is 15.5 Å². The molecule has 1 heterocycles. The molecular formula is C22H20N4O3. The maximum absolute atomic E-state index is 11.8. The Morgan fingerprint density at radius 1 is 0.966 bits per heavy atom. The lowest BCUT2D eigenvalue weighted by Crippen LogP contribution is -2.37. The molecule has 0 atom stereocenters. The van der Waals surface area contributed by atoms with E-state index in [9.17, 15) is 9.59 Å². The van der Waals surface area contributed by atoms with Crippen LogP contribution in [-0.2, 0) is 22.7 Å². The van der Waals surface area contributed by atoms with Crippen molar-refractivity contribution >= 4 is 18.0 Å². The summed E-state index contributed by atoms with van der Waals surface area (Å²) in [4.78, 5) is 27.5. The van der Waals surface area contributed by atoms with Gasteiger partial charge in [0.1, 0.15) is 12.4 Å². The number of aromatic nitrogens is 1. The van der Waals surface area contributed by atoms with Crippen LogP contribution in [0.5, 0.6) is 5.75 Å². The lowest BCUT2D eigenvalue weighted by molar-refractivity contribution is -0.139. The number of hydrogen-bond donors (Lipinski definition) is 2. The van der Waals surface area contributed by atoms with Gasteiger partial charge in [-0.25, -0.2) is 5.43 Å². The van der Waals surface area contributed by atoms with E-state index >= 15 is 0 Å². The summed E-state index contributed by atoms with van der Waals surface area (Å²) in [5, 5.41) is 6.33. The second-order valence-electron chi connectivity index (χ2n) is 6.09. The quantitative estimate of drug-likeness (QED) is 0.369. The number of nitrogens with one attached hydrogen (secondary N) is 2. The Hall–Kier alpha value is -4.00. The van der Waals surface area contributed by atoms with Crippen molar-refractivity contribution in [1.29, 1.82) is 0 Å². The Morgan fingerprint density at radius 2 is 1.79 bits per heavy atom. The molecule has 0 radical (unpaired) electrons. The van der Waals surface area contributed by atoms with Gasteiger partial charge in [0.15, 0.2) is 0 Å². The minimum Gasteiger partial charge on any atom is -0.489 e. The van der Waals surface area contributed by atoms with Crippen LogP contribution in [0.1, 0.15) is 16.7 Å². The predicted octanol–water partition coefficient (Wildman–Crippen LogP) is 2.43. The molecule has 3 aromatic rings. The molecule has 2 amide bonds. The number of nitrogens with zero attached hydrogens (tertiary/aromatic N) is 2. The number of carbonyl (C=O) groups excluding carboxylic acids is 2. The third-order valence-electron chi connectivity index (χ3n) is 3.87. The van der Waals surface area contributed by atoms with Crippen molar-refractivity contribution in [2.45, 2.75) is 13.2 Å². The number of hydrogen-bond acceptors (Lipinski definition) is 5. The number of ether oxygens (including phenoxy) is 1. The van der Waals surface area contributed by atoms with Crippen LogP contribution in [-0.4, -0.2) is 23.0 Å². The average Bonchev–Trinajstić information content (AvgIpc) is 2.77. The summed E-state index contributed by atoms with van der Waals surface area (Å²) < 4.78 is 5.75. The lowest BCUT2D eigenvalue weighted by atomic mass is 10.2. The zero-order valence-corrected chi connectivity index (χ0v) is 15.6. The lowest BCUT2D eigenvalue weighted by Gasteiger charge is -2.06. The minimum absolute atomic E-state index is 0.213. The van der Waals surface area contributed by atoms with Crippen LogP contribution >= 0.6 is 0 Å². The van der Waals surface area contributed by atoms with Gasteiger partial charge in [-0.1, -0.05) is 48.5 Å². The molecule has 7 heteroatoms. The maximum Gasteiger partial charge on any atom is 0.329 e. The van der Waals surface area contributed by atoms with Gasteiger partial charge in [0.25, 0.3) is 0 Å². The van der Waals surface area contributed by atoms with Crippen molar-refractivity contribution in [3.63, 3.8) is 0 Å². The molecule has 0 aliphatic carbocycles. The van der Waals surface area contributed by atoms with Gasteiger partial charge < -0.3 is 10.1 Å². The molecule has 1 aromatic heterocycles. The highest BCUT2D eigenvalue weighted by atomic mass is 16.5. The standard InChI is InChI=1S/C22H20N4O3/c27-21(24-14-19-9-5-11-23-13-19)22(28)26-25-15-18-8-4-10-20(12-18)29-16-17-6-2-1-3-7-17/h1-13,15H,14,16H2,(H,24,27)(H,26,28)/b25-15-. The summed E-state index contributed by atoms with van der Waals surface area (Å²) in [6, 6.07) is 20.7. The summed E-state index contributed by atoms with van der Waals surface area (Å²) in [5.74, 6) is -0.939. The Bertz CT molecular complexity index is 976. The summed E-state index contributed by atoms with van der Waals surface area (Å²) in [6.45, 7) is 0.667. The number of pyridine rings is 1. The van der Waals surface area contributed by atoms with Crippen molar-refractivity contribution < 1.29 is 14.3 Å². The smallest absolute Gasteiger partial charge is 0.329 e. The van der Waals surface area contributed by atoms with E-state index in [1.165, 1.54) is 6.21 Å². The van der Waals surface area contributed by atoms with Crippen LogP contribution in [0.4, 0.5) is 0 Å². The molecule has 0 unspecified atom stereocenters. The molecule has 0 saturated carbocycles. The first-order valence-electron chi connectivity index (χ1n) is 8.97. The fourth-order valence-corrected chi connectivity index (χ4v) is 2.41. The van der Waals surface area contributed by atoms with Gasteiger partial charge in [0.2, 0.25) is 0 Å². The highest BCUT2D eigenvalue weighted by Crippen LogP contribution is 2.14. The summed E-state index contributed by atoms with van der Waals surface area (Å²) in [7, 11) is 0. The minimum atomic E-state index is -0.846. The monoisotopic (exact) mass is 388 g/mol. The van der Waals surface area contributed by atoms with Crippen LogP contribution in [0, 0.1) is 0 Å². The van der Waals surface area contributed by atoms with Gasteiger partial charge in [0.05, 0.1) is 6.21 Å². The van der Waals surface area contributed by atoms with Gasteiger partial charge in [-0.05, 0) is 34.9 Å². The topological polar surface area (TPSA) is 92.7 Å². The first kappa shape index (κ1) is 19.8. The van der Waals surface area contributed by atoms with Crippen LogP contribution in [0.15, 0.2) is 84.2 Å². The predicted molar refractivity (Wildman–Crippen MR) is 109 cm³/mol. The van der Waals surface area contributed by atoms with Crippen molar-refractivity contribution in [2.75, 3.05) is 0 Å². The molecule has 29 heavy (non-hydrogen) atoms. The Labute approximate surface area is 168 Å².